The summed E-state index contributed by atoms with van der Waals surface area (Å²) in [6.45, 7) is 1.88. The number of hydrogen-bond donors (Lipinski definition) is 1. The van der Waals surface area contributed by atoms with Gasteiger partial charge in [-0.1, -0.05) is 23.2 Å². The first kappa shape index (κ1) is 17.0. The lowest BCUT2D eigenvalue weighted by atomic mass is 10.0. The van der Waals surface area contributed by atoms with E-state index < -0.39 is 0 Å². The average Bonchev–Trinajstić information content (AvgIpc) is 3.33. The number of fused-ring (bicyclic) bond motifs is 2. The van der Waals surface area contributed by atoms with Crippen molar-refractivity contribution in [3.05, 3.63) is 35.0 Å². The Morgan fingerprint density at radius 1 is 1.11 bits per heavy atom. The van der Waals surface area contributed by atoms with Crippen LogP contribution in [0.25, 0.3) is 11.0 Å². The van der Waals surface area contributed by atoms with Crippen LogP contribution in [0.5, 0.6) is 0 Å². The summed E-state index contributed by atoms with van der Waals surface area (Å²) in [5.74, 6) is 2.86. The molecule has 1 aliphatic heterocycles. The molecule has 1 saturated carbocycles. The van der Waals surface area contributed by atoms with Gasteiger partial charge in [0.15, 0.2) is 0 Å². The molecule has 1 saturated heterocycles. The van der Waals surface area contributed by atoms with Gasteiger partial charge in [-0.15, -0.1) is 0 Å². The Kier molecular flexibility index (Phi) is 4.09. The average molecular weight is 404 g/mol. The molecule has 140 valence electrons. The highest BCUT2D eigenvalue weighted by Crippen LogP contribution is 2.42. The Bertz CT molecular complexity index is 957. The lowest BCUT2D eigenvalue weighted by Gasteiger charge is -2.28. The summed E-state index contributed by atoms with van der Waals surface area (Å²) in [7, 11) is 2.14. The number of anilines is 2. The van der Waals surface area contributed by atoms with Gasteiger partial charge in [0.1, 0.15) is 28.1 Å². The van der Waals surface area contributed by atoms with E-state index in [4.69, 9.17) is 23.2 Å². The van der Waals surface area contributed by atoms with Crippen LogP contribution in [-0.2, 0) is 0 Å². The van der Waals surface area contributed by atoms with Crippen molar-refractivity contribution < 1.29 is 0 Å². The van der Waals surface area contributed by atoms with Crippen LogP contribution in [-0.4, -0.2) is 51.1 Å². The van der Waals surface area contributed by atoms with Gasteiger partial charge in [-0.25, -0.2) is 19.9 Å². The van der Waals surface area contributed by atoms with E-state index in [1.54, 1.807) is 12.4 Å². The first-order valence-electron chi connectivity index (χ1n) is 9.04. The minimum Gasteiger partial charge on any atom is -0.356 e. The van der Waals surface area contributed by atoms with E-state index >= 15 is 0 Å². The van der Waals surface area contributed by atoms with Gasteiger partial charge in [0.25, 0.3) is 0 Å². The molecule has 0 aromatic carbocycles. The Labute approximate surface area is 166 Å². The van der Waals surface area contributed by atoms with Gasteiger partial charge >= 0.3 is 0 Å². The Morgan fingerprint density at radius 3 is 2.52 bits per heavy atom. The van der Waals surface area contributed by atoms with Crippen molar-refractivity contribution in [1.29, 1.82) is 0 Å². The molecule has 0 spiro atoms. The van der Waals surface area contributed by atoms with Gasteiger partial charge in [-0.3, -0.25) is 0 Å². The monoisotopic (exact) mass is 403 g/mol. The number of rotatable bonds is 3. The van der Waals surface area contributed by atoms with E-state index in [2.05, 4.69) is 41.8 Å². The van der Waals surface area contributed by atoms with Crippen LogP contribution in [0.3, 0.4) is 0 Å². The molecule has 9 heteroatoms. The van der Waals surface area contributed by atoms with E-state index in [0.29, 0.717) is 34.1 Å². The number of nitrogens with zero attached hydrogens (tertiary/aromatic N) is 6. The van der Waals surface area contributed by atoms with Gasteiger partial charge in [0, 0.05) is 38.4 Å². The molecule has 1 N–H and O–H groups in total. The maximum absolute atomic E-state index is 6.04. The number of nitrogens with one attached hydrogen (secondary N) is 1. The zero-order valence-corrected chi connectivity index (χ0v) is 16.3. The maximum Gasteiger partial charge on any atom is 0.228 e. The van der Waals surface area contributed by atoms with E-state index in [1.165, 1.54) is 0 Å². The van der Waals surface area contributed by atoms with Crippen molar-refractivity contribution in [2.75, 3.05) is 29.9 Å². The first-order valence-corrected chi connectivity index (χ1v) is 9.80. The minimum atomic E-state index is 0.388. The molecule has 0 unspecified atom stereocenters. The SMILES string of the molecule is CN(c1ncnc2[nH]ccc12)[C@H]1C[C@@H]2CN(c3nc(Cl)cc(Cl)n3)C[C@@H]2C1. The fourth-order valence-corrected chi connectivity index (χ4v) is 4.99. The minimum absolute atomic E-state index is 0.388. The normalized spacial score (nSPS) is 24.6. The quantitative estimate of drug-likeness (QED) is 0.675. The molecule has 0 amide bonds. The van der Waals surface area contributed by atoms with E-state index in [1.807, 2.05) is 12.3 Å². The number of H-pyrrole nitrogens is 1. The van der Waals surface area contributed by atoms with Crippen molar-refractivity contribution in [2.45, 2.75) is 18.9 Å². The molecule has 5 rings (SSSR count). The summed E-state index contributed by atoms with van der Waals surface area (Å²) >= 11 is 12.1. The van der Waals surface area contributed by atoms with Gasteiger partial charge < -0.3 is 14.8 Å². The van der Waals surface area contributed by atoms with Gasteiger partial charge in [-0.05, 0) is 30.7 Å². The Balaban J connectivity index is 1.31. The fraction of sp³-hybridized carbons (Fsp3) is 0.444. The Morgan fingerprint density at radius 2 is 1.81 bits per heavy atom. The van der Waals surface area contributed by atoms with E-state index in [0.717, 1.165) is 42.8 Å². The third kappa shape index (κ3) is 2.99. The number of aromatic amines is 1. The van der Waals surface area contributed by atoms with Crippen molar-refractivity contribution in [1.82, 2.24) is 24.9 Å². The third-order valence-electron chi connectivity index (χ3n) is 5.88. The molecular formula is C18H19Cl2N7. The van der Waals surface area contributed by atoms with Gasteiger partial charge in [0.2, 0.25) is 5.95 Å². The highest BCUT2D eigenvalue weighted by atomic mass is 35.5. The summed E-state index contributed by atoms with van der Waals surface area (Å²) < 4.78 is 0. The maximum atomic E-state index is 6.04. The predicted octanol–water partition coefficient (Wildman–Crippen LogP) is 3.41. The van der Waals surface area contributed by atoms with Crippen molar-refractivity contribution in [3.63, 3.8) is 0 Å². The van der Waals surface area contributed by atoms with Crippen LogP contribution in [0.2, 0.25) is 10.3 Å². The standard InChI is InChI=1S/C18H19Cl2N7/c1-26(17-13-2-3-21-16(13)22-9-23-17)12-4-10-7-27(8-11(10)5-12)18-24-14(19)6-15(20)25-18/h2-3,6,9-12H,4-5,7-8H2,1H3,(H,21,22,23)/t10-,11+,12+. The van der Waals surface area contributed by atoms with Crippen molar-refractivity contribution in [2.24, 2.45) is 11.8 Å². The molecule has 2 fully saturated rings. The molecule has 27 heavy (non-hydrogen) atoms. The van der Waals surface area contributed by atoms with Gasteiger partial charge in [-0.2, -0.15) is 0 Å². The molecule has 1 aliphatic carbocycles. The molecule has 3 aromatic heterocycles. The van der Waals surface area contributed by atoms with Crippen LogP contribution in [0.4, 0.5) is 11.8 Å². The van der Waals surface area contributed by atoms with Crippen molar-refractivity contribution in [3.8, 4) is 0 Å². The van der Waals surface area contributed by atoms with E-state index in [-0.39, 0.29) is 0 Å². The molecule has 0 bridgehead atoms. The lowest BCUT2D eigenvalue weighted by molar-refractivity contribution is 0.494. The number of hydrogen-bond acceptors (Lipinski definition) is 6. The van der Waals surface area contributed by atoms with E-state index in [9.17, 15) is 0 Å². The zero-order valence-electron chi connectivity index (χ0n) is 14.8. The summed E-state index contributed by atoms with van der Waals surface area (Å²) in [6.07, 6.45) is 5.79. The van der Waals surface area contributed by atoms with Crippen LogP contribution >= 0.6 is 23.2 Å². The largest absolute Gasteiger partial charge is 0.356 e. The Hall–Kier alpha value is -2.12. The zero-order chi connectivity index (χ0) is 18.5. The smallest absolute Gasteiger partial charge is 0.228 e. The number of aromatic nitrogens is 5. The van der Waals surface area contributed by atoms with Crippen LogP contribution < -0.4 is 9.80 Å². The molecule has 3 atom stereocenters. The molecule has 4 heterocycles. The molecule has 7 nitrogen and oxygen atoms in total. The summed E-state index contributed by atoms with van der Waals surface area (Å²) in [5, 5.41) is 1.85. The van der Waals surface area contributed by atoms with Gasteiger partial charge in [0.05, 0.1) is 5.39 Å². The topological polar surface area (TPSA) is 73.8 Å². The first-order chi connectivity index (χ1) is 13.1. The molecule has 3 aromatic rings. The van der Waals surface area contributed by atoms with Crippen molar-refractivity contribution >= 4 is 46.0 Å². The predicted molar refractivity (Wildman–Crippen MR) is 107 cm³/mol. The van der Waals surface area contributed by atoms with Crippen LogP contribution in [0, 0.1) is 11.8 Å². The molecular weight excluding hydrogens is 385 g/mol. The lowest BCUT2D eigenvalue weighted by Crippen LogP contribution is -2.33. The molecule has 0 radical (unpaired) electrons. The third-order valence-corrected chi connectivity index (χ3v) is 6.26. The summed E-state index contributed by atoms with van der Waals surface area (Å²) in [6, 6.07) is 4.08. The van der Waals surface area contributed by atoms with Crippen LogP contribution in [0.1, 0.15) is 12.8 Å². The summed E-state index contributed by atoms with van der Waals surface area (Å²) in [4.78, 5) is 25.2. The second-order valence-corrected chi connectivity index (χ2v) is 8.19. The second-order valence-electron chi connectivity index (χ2n) is 7.41. The van der Waals surface area contributed by atoms with Crippen LogP contribution in [0.15, 0.2) is 24.7 Å². The highest BCUT2D eigenvalue weighted by molar-refractivity contribution is 6.33. The second kappa shape index (κ2) is 6.49. The number of halogens is 2. The molecule has 2 aliphatic rings. The fourth-order valence-electron chi connectivity index (χ4n) is 4.58. The highest BCUT2D eigenvalue weighted by Gasteiger charge is 2.43. The summed E-state index contributed by atoms with van der Waals surface area (Å²) in [5.41, 5.74) is 0.881.